The van der Waals surface area contributed by atoms with Crippen LogP contribution in [-0.4, -0.2) is 25.2 Å². The van der Waals surface area contributed by atoms with Gasteiger partial charge in [-0.05, 0) is 13.0 Å². The molecule has 1 heterocycles. The molecule has 0 spiro atoms. The molecule has 0 saturated carbocycles. The van der Waals surface area contributed by atoms with E-state index in [-0.39, 0.29) is 5.56 Å². The molecule has 1 fully saturated rings. The van der Waals surface area contributed by atoms with Crippen molar-refractivity contribution >= 4 is 6.09 Å². The average molecular weight is 257 g/mol. The van der Waals surface area contributed by atoms with Gasteiger partial charge >= 0.3 is 12.0 Å². The average Bonchev–Trinajstić information content (AvgIpc) is 2.34. The molecule has 0 aromatic heterocycles. The van der Waals surface area contributed by atoms with Gasteiger partial charge in [-0.3, -0.25) is 0 Å². The summed E-state index contributed by atoms with van der Waals surface area (Å²) in [6, 6.07) is 4.98. The molecule has 2 rings (SSSR count). The molecule has 0 bridgehead atoms. The van der Waals surface area contributed by atoms with Gasteiger partial charge in [0.25, 0.3) is 0 Å². The summed E-state index contributed by atoms with van der Waals surface area (Å²) in [6.07, 6.45) is -0.850. The first-order valence-corrected chi connectivity index (χ1v) is 5.57. The number of benzene rings is 1. The van der Waals surface area contributed by atoms with Crippen molar-refractivity contribution in [3.05, 3.63) is 29.8 Å². The van der Waals surface area contributed by atoms with Crippen molar-refractivity contribution in [2.45, 2.75) is 18.9 Å². The van der Waals surface area contributed by atoms with Crippen LogP contribution in [0.15, 0.2) is 24.3 Å². The SMILES string of the molecule is CCOc1ccccc1[C@@H]1NC(=O)OCC1(F)F. The lowest BCUT2D eigenvalue weighted by Crippen LogP contribution is -2.49. The monoisotopic (exact) mass is 257 g/mol. The van der Waals surface area contributed by atoms with E-state index in [9.17, 15) is 13.6 Å². The van der Waals surface area contributed by atoms with Crippen molar-refractivity contribution in [1.29, 1.82) is 0 Å². The van der Waals surface area contributed by atoms with Crippen LogP contribution in [0, 0.1) is 0 Å². The van der Waals surface area contributed by atoms with Gasteiger partial charge in [0, 0.05) is 5.56 Å². The molecule has 0 radical (unpaired) electrons. The Morgan fingerprint density at radius 1 is 1.50 bits per heavy atom. The Morgan fingerprint density at radius 2 is 2.22 bits per heavy atom. The molecule has 6 heteroatoms. The van der Waals surface area contributed by atoms with Gasteiger partial charge in [0.2, 0.25) is 0 Å². The Hall–Kier alpha value is -1.85. The molecule has 1 aliphatic rings. The van der Waals surface area contributed by atoms with E-state index >= 15 is 0 Å². The maximum atomic E-state index is 13.8. The Morgan fingerprint density at radius 3 is 2.94 bits per heavy atom. The van der Waals surface area contributed by atoms with Gasteiger partial charge < -0.3 is 14.8 Å². The zero-order valence-corrected chi connectivity index (χ0v) is 9.78. The summed E-state index contributed by atoms with van der Waals surface area (Å²) >= 11 is 0. The number of rotatable bonds is 3. The predicted octanol–water partition coefficient (Wildman–Crippen LogP) is 2.50. The van der Waals surface area contributed by atoms with Gasteiger partial charge in [-0.25, -0.2) is 13.6 Å². The summed E-state index contributed by atoms with van der Waals surface area (Å²) in [6.45, 7) is 1.20. The number of hydrogen-bond donors (Lipinski definition) is 1. The van der Waals surface area contributed by atoms with Crippen LogP contribution in [0.3, 0.4) is 0 Å². The summed E-state index contributed by atoms with van der Waals surface area (Å²) < 4.78 is 37.1. The zero-order chi connectivity index (χ0) is 13.2. The molecule has 4 nitrogen and oxygen atoms in total. The molecule has 18 heavy (non-hydrogen) atoms. The van der Waals surface area contributed by atoms with Crippen molar-refractivity contribution in [3.63, 3.8) is 0 Å². The number of halogens is 2. The van der Waals surface area contributed by atoms with Crippen molar-refractivity contribution in [2.75, 3.05) is 13.2 Å². The fourth-order valence-corrected chi connectivity index (χ4v) is 1.82. The second-order valence-corrected chi connectivity index (χ2v) is 3.89. The maximum Gasteiger partial charge on any atom is 0.408 e. The summed E-state index contributed by atoms with van der Waals surface area (Å²) in [5.74, 6) is -2.83. The topological polar surface area (TPSA) is 47.6 Å². The molecule has 0 aliphatic carbocycles. The van der Waals surface area contributed by atoms with E-state index in [4.69, 9.17) is 4.74 Å². The molecule has 1 atom stereocenters. The number of nitrogens with one attached hydrogen (secondary N) is 1. The first-order chi connectivity index (χ1) is 8.54. The summed E-state index contributed by atoms with van der Waals surface area (Å²) in [5.41, 5.74) is 0.251. The van der Waals surface area contributed by atoms with Crippen LogP contribution in [0.4, 0.5) is 13.6 Å². The number of para-hydroxylation sites is 1. The number of alkyl carbamates (subject to hydrolysis) is 1. The van der Waals surface area contributed by atoms with Crippen LogP contribution in [0.1, 0.15) is 18.5 Å². The van der Waals surface area contributed by atoms with Crippen molar-refractivity contribution in [1.82, 2.24) is 5.32 Å². The fraction of sp³-hybridized carbons (Fsp3) is 0.417. The van der Waals surface area contributed by atoms with Gasteiger partial charge in [0.15, 0.2) is 6.61 Å². The standard InChI is InChI=1S/C12H13F2NO3/c1-2-17-9-6-4-3-5-8(9)10-12(13,14)7-18-11(16)15-10/h3-6,10H,2,7H2,1H3,(H,15,16)/t10-/m0/s1. The number of amides is 1. The number of alkyl halides is 2. The molecular weight excluding hydrogens is 244 g/mol. The molecule has 1 amide bonds. The van der Waals surface area contributed by atoms with E-state index in [1.807, 2.05) is 0 Å². The minimum atomic E-state index is -3.17. The number of hydrogen-bond acceptors (Lipinski definition) is 3. The van der Waals surface area contributed by atoms with Crippen LogP contribution in [0.5, 0.6) is 5.75 Å². The zero-order valence-electron chi connectivity index (χ0n) is 9.78. The fourth-order valence-electron chi connectivity index (χ4n) is 1.82. The highest BCUT2D eigenvalue weighted by atomic mass is 19.3. The van der Waals surface area contributed by atoms with Crippen LogP contribution < -0.4 is 10.1 Å². The predicted molar refractivity (Wildman–Crippen MR) is 59.8 cm³/mol. The van der Waals surface area contributed by atoms with Crippen LogP contribution in [0.2, 0.25) is 0 Å². The van der Waals surface area contributed by atoms with Gasteiger partial charge in [-0.1, -0.05) is 18.2 Å². The maximum absolute atomic E-state index is 13.8. The molecule has 1 saturated heterocycles. The van der Waals surface area contributed by atoms with E-state index in [1.54, 1.807) is 25.1 Å². The van der Waals surface area contributed by atoms with Crippen molar-refractivity contribution in [2.24, 2.45) is 0 Å². The van der Waals surface area contributed by atoms with Gasteiger partial charge in [0.1, 0.15) is 11.8 Å². The van der Waals surface area contributed by atoms with E-state index in [2.05, 4.69) is 10.1 Å². The lowest BCUT2D eigenvalue weighted by Gasteiger charge is -2.32. The first-order valence-electron chi connectivity index (χ1n) is 5.57. The van der Waals surface area contributed by atoms with Crippen LogP contribution in [0.25, 0.3) is 0 Å². The minimum Gasteiger partial charge on any atom is -0.494 e. The van der Waals surface area contributed by atoms with E-state index in [1.165, 1.54) is 6.07 Å². The van der Waals surface area contributed by atoms with E-state index in [0.717, 1.165) is 0 Å². The van der Waals surface area contributed by atoms with Crippen LogP contribution in [-0.2, 0) is 4.74 Å². The molecule has 1 aromatic rings. The third-order valence-electron chi connectivity index (χ3n) is 2.61. The summed E-state index contributed by atoms with van der Waals surface area (Å²) in [5, 5.41) is 2.13. The first kappa shape index (κ1) is 12.6. The van der Waals surface area contributed by atoms with Gasteiger partial charge in [-0.15, -0.1) is 0 Å². The number of carbonyl (C=O) groups excluding carboxylic acids is 1. The van der Waals surface area contributed by atoms with E-state index < -0.39 is 24.7 Å². The summed E-state index contributed by atoms with van der Waals surface area (Å²) in [7, 11) is 0. The molecule has 0 unspecified atom stereocenters. The largest absolute Gasteiger partial charge is 0.494 e. The number of ether oxygens (including phenoxy) is 2. The third-order valence-corrected chi connectivity index (χ3v) is 2.61. The highest BCUT2D eigenvalue weighted by Crippen LogP contribution is 2.38. The number of carbonyl (C=O) groups is 1. The second-order valence-electron chi connectivity index (χ2n) is 3.89. The van der Waals surface area contributed by atoms with Crippen LogP contribution >= 0.6 is 0 Å². The molecule has 1 aromatic carbocycles. The molecular formula is C12H13F2NO3. The molecule has 1 aliphatic heterocycles. The van der Waals surface area contributed by atoms with Crippen molar-refractivity contribution < 1.29 is 23.0 Å². The Labute approximate surface area is 103 Å². The third kappa shape index (κ3) is 2.37. The van der Waals surface area contributed by atoms with Gasteiger partial charge in [0.05, 0.1) is 6.61 Å². The Kier molecular flexibility index (Phi) is 3.36. The Balaban J connectivity index is 2.36. The molecule has 1 N–H and O–H groups in total. The highest BCUT2D eigenvalue weighted by molar-refractivity contribution is 5.69. The minimum absolute atomic E-state index is 0.251. The Bertz CT molecular complexity index is 451. The quantitative estimate of drug-likeness (QED) is 0.905. The van der Waals surface area contributed by atoms with Crippen molar-refractivity contribution in [3.8, 4) is 5.75 Å². The number of cyclic esters (lactones) is 1. The van der Waals surface area contributed by atoms with E-state index in [0.29, 0.717) is 12.4 Å². The van der Waals surface area contributed by atoms with Gasteiger partial charge in [-0.2, -0.15) is 0 Å². The summed E-state index contributed by atoms with van der Waals surface area (Å²) in [4.78, 5) is 11.1. The smallest absolute Gasteiger partial charge is 0.408 e. The lowest BCUT2D eigenvalue weighted by molar-refractivity contribution is -0.104. The normalized spacial score (nSPS) is 21.9. The lowest BCUT2D eigenvalue weighted by atomic mass is 9.99. The highest BCUT2D eigenvalue weighted by Gasteiger charge is 2.47. The molecule has 98 valence electrons. The second kappa shape index (κ2) is 4.80.